The van der Waals surface area contributed by atoms with Crippen LogP contribution in [-0.4, -0.2) is 17.0 Å². The minimum Gasteiger partial charge on any atom is -0.479 e. The van der Waals surface area contributed by atoms with Crippen molar-refractivity contribution in [1.82, 2.24) is 5.32 Å². The molecule has 21 heavy (non-hydrogen) atoms. The minimum absolute atomic E-state index is 0.200. The van der Waals surface area contributed by atoms with Crippen molar-refractivity contribution in [2.75, 3.05) is 0 Å². The number of nitrogens with one attached hydrogen (secondary N) is 1. The Labute approximate surface area is 126 Å². The van der Waals surface area contributed by atoms with Crippen LogP contribution in [0.2, 0.25) is 0 Å². The zero-order chi connectivity index (χ0) is 14.9. The van der Waals surface area contributed by atoms with Gasteiger partial charge in [-0.15, -0.1) is 11.3 Å². The van der Waals surface area contributed by atoms with E-state index in [1.165, 1.54) is 11.3 Å². The fourth-order valence-corrected chi connectivity index (χ4v) is 3.28. The Bertz CT molecular complexity index is 647. The van der Waals surface area contributed by atoms with E-state index >= 15 is 0 Å². The lowest BCUT2D eigenvalue weighted by Crippen LogP contribution is -2.40. The van der Waals surface area contributed by atoms with Gasteiger partial charge in [-0.3, -0.25) is 4.79 Å². The van der Waals surface area contributed by atoms with Gasteiger partial charge in [0.1, 0.15) is 0 Å². The largest absolute Gasteiger partial charge is 0.479 e. The third-order valence-corrected chi connectivity index (χ3v) is 4.80. The third-order valence-electron chi connectivity index (χ3n) is 3.86. The van der Waals surface area contributed by atoms with Crippen LogP contribution in [0.5, 0.6) is 0 Å². The van der Waals surface area contributed by atoms with Crippen LogP contribution in [0.3, 0.4) is 0 Å². The Morgan fingerprint density at radius 2 is 1.86 bits per heavy atom. The molecular weight excluding hydrogens is 286 g/mol. The van der Waals surface area contributed by atoms with Crippen molar-refractivity contribution < 1.29 is 14.7 Å². The molecule has 0 aliphatic heterocycles. The van der Waals surface area contributed by atoms with Crippen molar-refractivity contribution >= 4 is 23.2 Å². The van der Waals surface area contributed by atoms with E-state index in [1.807, 2.05) is 35.7 Å². The van der Waals surface area contributed by atoms with E-state index in [9.17, 15) is 14.7 Å². The summed E-state index contributed by atoms with van der Waals surface area (Å²) in [5, 5.41) is 13.8. The summed E-state index contributed by atoms with van der Waals surface area (Å²) in [5.74, 6) is -1.23. The third kappa shape index (κ3) is 2.56. The van der Waals surface area contributed by atoms with Crippen LogP contribution in [0.25, 0.3) is 0 Å². The maximum absolute atomic E-state index is 12.6. The van der Waals surface area contributed by atoms with Gasteiger partial charge in [-0.2, -0.15) is 0 Å². The summed E-state index contributed by atoms with van der Waals surface area (Å²) in [7, 11) is 0. The molecule has 108 valence electrons. The van der Waals surface area contributed by atoms with Gasteiger partial charge in [0.15, 0.2) is 6.04 Å². The topological polar surface area (TPSA) is 66.4 Å². The minimum atomic E-state index is -1.03. The quantitative estimate of drug-likeness (QED) is 0.892. The molecular formula is C16H15NO3S. The molecule has 1 aliphatic rings. The molecule has 1 unspecified atom stereocenters. The van der Waals surface area contributed by atoms with Crippen molar-refractivity contribution in [2.24, 2.45) is 0 Å². The first-order chi connectivity index (χ1) is 10.1. The predicted octanol–water partition coefficient (Wildman–Crippen LogP) is 2.72. The number of aliphatic carboxylic acids is 1. The molecule has 4 nitrogen and oxygen atoms in total. The molecule has 1 aromatic carbocycles. The molecule has 0 spiro atoms. The maximum atomic E-state index is 12.6. The normalized spacial score (nSPS) is 17.0. The number of carbonyl (C=O) groups is 2. The highest BCUT2D eigenvalue weighted by Crippen LogP contribution is 2.48. The average molecular weight is 301 g/mol. The lowest BCUT2D eigenvalue weighted by molar-refractivity contribution is -0.142. The average Bonchev–Trinajstić information content (AvgIpc) is 3.14. The van der Waals surface area contributed by atoms with Crippen molar-refractivity contribution in [1.29, 1.82) is 0 Å². The zero-order valence-corrected chi connectivity index (χ0v) is 12.1. The van der Waals surface area contributed by atoms with Crippen LogP contribution >= 0.6 is 11.3 Å². The lowest BCUT2D eigenvalue weighted by Gasteiger charge is -2.19. The highest BCUT2D eigenvalue weighted by molar-refractivity contribution is 7.10. The number of rotatable bonds is 5. The van der Waals surface area contributed by atoms with Gasteiger partial charge in [0.05, 0.1) is 5.41 Å². The smallest absolute Gasteiger partial charge is 0.331 e. The fraction of sp³-hybridized carbons (Fsp3) is 0.250. The van der Waals surface area contributed by atoms with Gasteiger partial charge < -0.3 is 10.4 Å². The first kappa shape index (κ1) is 13.8. The van der Waals surface area contributed by atoms with E-state index in [2.05, 4.69) is 5.32 Å². The summed E-state index contributed by atoms with van der Waals surface area (Å²) < 4.78 is 0. The summed E-state index contributed by atoms with van der Waals surface area (Å²) >= 11 is 1.33. The molecule has 1 saturated carbocycles. The zero-order valence-electron chi connectivity index (χ0n) is 11.3. The maximum Gasteiger partial charge on any atom is 0.331 e. The van der Waals surface area contributed by atoms with Crippen molar-refractivity contribution in [3.63, 3.8) is 0 Å². The second kappa shape index (κ2) is 5.33. The van der Waals surface area contributed by atoms with E-state index in [1.54, 1.807) is 12.1 Å². The Kier molecular flexibility index (Phi) is 3.51. The number of carboxylic acids is 1. The predicted molar refractivity (Wildman–Crippen MR) is 80.2 cm³/mol. The molecule has 1 fully saturated rings. The summed E-state index contributed by atoms with van der Waals surface area (Å²) in [6.07, 6.45) is 1.53. The molecule has 1 atom stereocenters. The van der Waals surface area contributed by atoms with Crippen LogP contribution < -0.4 is 5.32 Å². The molecule has 2 aromatic rings. The fourth-order valence-electron chi connectivity index (χ4n) is 2.51. The number of thiophene rings is 1. The SMILES string of the molecule is O=C(O)C(NC(=O)C1(c2ccccc2)CC1)c1cccs1. The molecule has 3 rings (SSSR count). The van der Waals surface area contributed by atoms with Gasteiger partial charge in [-0.05, 0) is 29.9 Å². The van der Waals surface area contributed by atoms with Gasteiger partial charge in [0.2, 0.25) is 5.91 Å². The van der Waals surface area contributed by atoms with Crippen LogP contribution in [0.4, 0.5) is 0 Å². The van der Waals surface area contributed by atoms with E-state index in [4.69, 9.17) is 0 Å². The van der Waals surface area contributed by atoms with Gasteiger partial charge in [0.25, 0.3) is 0 Å². The second-order valence-corrected chi connectivity index (χ2v) is 6.19. The Morgan fingerprint density at radius 1 is 1.14 bits per heavy atom. The van der Waals surface area contributed by atoms with Crippen molar-refractivity contribution in [2.45, 2.75) is 24.3 Å². The molecule has 1 aliphatic carbocycles. The van der Waals surface area contributed by atoms with Gasteiger partial charge in [0, 0.05) is 4.88 Å². The lowest BCUT2D eigenvalue weighted by atomic mass is 9.94. The first-order valence-corrected chi connectivity index (χ1v) is 7.64. The van der Waals surface area contributed by atoms with Gasteiger partial charge in [-0.25, -0.2) is 4.79 Å². The monoisotopic (exact) mass is 301 g/mol. The van der Waals surface area contributed by atoms with Crippen LogP contribution in [0.15, 0.2) is 47.8 Å². The summed E-state index contributed by atoms with van der Waals surface area (Å²) in [4.78, 5) is 24.6. The summed E-state index contributed by atoms with van der Waals surface area (Å²) in [6, 6.07) is 12.1. The van der Waals surface area contributed by atoms with Gasteiger partial charge >= 0.3 is 5.97 Å². The number of benzene rings is 1. The summed E-state index contributed by atoms with van der Waals surface area (Å²) in [6.45, 7) is 0. The van der Waals surface area contributed by atoms with Crippen molar-refractivity contribution in [3.05, 3.63) is 58.3 Å². The Hall–Kier alpha value is -2.14. The highest BCUT2D eigenvalue weighted by atomic mass is 32.1. The van der Waals surface area contributed by atoms with Crippen LogP contribution in [-0.2, 0) is 15.0 Å². The molecule has 1 aromatic heterocycles. The highest BCUT2D eigenvalue weighted by Gasteiger charge is 2.52. The molecule has 0 bridgehead atoms. The Morgan fingerprint density at radius 3 is 2.38 bits per heavy atom. The molecule has 0 radical (unpaired) electrons. The summed E-state index contributed by atoms with van der Waals surface area (Å²) in [5.41, 5.74) is 0.407. The van der Waals surface area contributed by atoms with Crippen LogP contribution in [0, 0.1) is 0 Å². The number of carboxylic acid groups (broad SMARTS) is 1. The molecule has 5 heteroatoms. The standard InChI is InChI=1S/C16H15NO3S/c18-14(19)13(12-7-4-10-21-12)17-15(20)16(8-9-16)11-5-2-1-3-6-11/h1-7,10,13H,8-9H2,(H,17,20)(H,18,19). The second-order valence-electron chi connectivity index (χ2n) is 5.21. The van der Waals surface area contributed by atoms with Crippen molar-refractivity contribution in [3.8, 4) is 0 Å². The van der Waals surface area contributed by atoms with E-state index in [0.29, 0.717) is 4.88 Å². The van der Waals surface area contributed by atoms with E-state index in [-0.39, 0.29) is 5.91 Å². The molecule has 1 heterocycles. The van der Waals surface area contributed by atoms with E-state index < -0.39 is 17.4 Å². The Balaban J connectivity index is 1.81. The number of amides is 1. The van der Waals surface area contributed by atoms with E-state index in [0.717, 1.165) is 18.4 Å². The molecule has 2 N–H and O–H groups in total. The number of hydrogen-bond donors (Lipinski definition) is 2. The van der Waals surface area contributed by atoms with Gasteiger partial charge in [-0.1, -0.05) is 36.4 Å². The van der Waals surface area contributed by atoms with Crippen LogP contribution in [0.1, 0.15) is 29.3 Å². The number of hydrogen-bond acceptors (Lipinski definition) is 3. The molecule has 1 amide bonds. The number of carbonyl (C=O) groups excluding carboxylic acids is 1. The molecule has 0 saturated heterocycles. The first-order valence-electron chi connectivity index (χ1n) is 6.76.